The van der Waals surface area contributed by atoms with Gasteiger partial charge in [0.2, 0.25) is 5.13 Å². The molecule has 2 saturated heterocycles. The quantitative estimate of drug-likeness (QED) is 0.795. The van der Waals surface area contributed by atoms with Gasteiger partial charge in [0.05, 0.1) is 6.04 Å². The zero-order chi connectivity index (χ0) is 15.9. The molecule has 2 aliphatic heterocycles. The lowest BCUT2D eigenvalue weighted by molar-refractivity contribution is 0.0163. The van der Waals surface area contributed by atoms with Gasteiger partial charge in [-0.3, -0.25) is 0 Å². The zero-order valence-corrected chi connectivity index (χ0v) is 14.5. The number of aryl methyl sites for hydroxylation is 1. The Labute approximate surface area is 135 Å². The first-order chi connectivity index (χ1) is 10.3. The molecule has 2 bridgehead atoms. The molecule has 7 heteroatoms. The van der Waals surface area contributed by atoms with Crippen molar-refractivity contribution in [3.05, 3.63) is 5.82 Å². The first kappa shape index (κ1) is 15.5. The second-order valence-electron chi connectivity index (χ2n) is 7.13. The van der Waals surface area contributed by atoms with E-state index in [9.17, 15) is 4.79 Å². The maximum Gasteiger partial charge on any atom is 0.410 e. The van der Waals surface area contributed by atoms with E-state index in [1.807, 2.05) is 32.6 Å². The molecule has 0 aliphatic carbocycles. The van der Waals surface area contributed by atoms with Gasteiger partial charge in [0.15, 0.2) is 0 Å². The van der Waals surface area contributed by atoms with Crippen LogP contribution in [-0.2, 0) is 4.74 Å². The zero-order valence-electron chi connectivity index (χ0n) is 13.7. The standard InChI is InChI=1S/C15H24N4O2S/c1-10-16-13(22-17-10)18-8-7-11-5-6-12(9-18)19(11)14(20)21-15(2,3)4/h11-12H,5-9H2,1-4H3. The largest absolute Gasteiger partial charge is 0.444 e. The van der Waals surface area contributed by atoms with Crippen molar-refractivity contribution in [2.45, 2.75) is 64.6 Å². The lowest BCUT2D eigenvalue weighted by Crippen LogP contribution is -2.45. The molecule has 0 N–H and O–H groups in total. The Kier molecular flexibility index (Phi) is 4.01. The van der Waals surface area contributed by atoms with Crippen molar-refractivity contribution in [1.82, 2.24) is 14.3 Å². The number of carbonyl (C=O) groups excluding carboxylic acids is 1. The molecule has 3 heterocycles. The van der Waals surface area contributed by atoms with Crippen LogP contribution >= 0.6 is 11.5 Å². The van der Waals surface area contributed by atoms with E-state index in [1.165, 1.54) is 11.5 Å². The molecule has 2 aliphatic rings. The second-order valence-corrected chi connectivity index (χ2v) is 7.86. The summed E-state index contributed by atoms with van der Waals surface area (Å²) in [6.07, 6.45) is 2.91. The van der Waals surface area contributed by atoms with Gasteiger partial charge >= 0.3 is 6.09 Å². The smallest absolute Gasteiger partial charge is 0.410 e. The summed E-state index contributed by atoms with van der Waals surface area (Å²) in [4.78, 5) is 21.3. The summed E-state index contributed by atoms with van der Waals surface area (Å²) in [5.74, 6) is 0.818. The van der Waals surface area contributed by atoms with Crippen LogP contribution in [0.15, 0.2) is 0 Å². The molecule has 1 amide bonds. The summed E-state index contributed by atoms with van der Waals surface area (Å²) >= 11 is 1.44. The molecule has 1 aromatic heterocycles. The molecular weight excluding hydrogens is 300 g/mol. The molecule has 6 nitrogen and oxygen atoms in total. The van der Waals surface area contributed by atoms with Crippen LogP contribution in [0.25, 0.3) is 0 Å². The van der Waals surface area contributed by atoms with Gasteiger partial charge in [-0.15, -0.1) is 0 Å². The Morgan fingerprint density at radius 3 is 2.64 bits per heavy atom. The summed E-state index contributed by atoms with van der Waals surface area (Å²) in [7, 11) is 0. The van der Waals surface area contributed by atoms with Crippen molar-refractivity contribution in [2.75, 3.05) is 18.0 Å². The Hall–Kier alpha value is -1.37. The first-order valence-electron chi connectivity index (χ1n) is 7.90. The Morgan fingerprint density at radius 1 is 1.27 bits per heavy atom. The number of carbonyl (C=O) groups is 1. The molecule has 2 unspecified atom stereocenters. The van der Waals surface area contributed by atoms with Gasteiger partial charge in [-0.25, -0.2) is 9.78 Å². The predicted molar refractivity (Wildman–Crippen MR) is 86.4 cm³/mol. The average molecular weight is 324 g/mol. The third kappa shape index (κ3) is 3.19. The maximum atomic E-state index is 12.5. The van der Waals surface area contributed by atoms with E-state index in [-0.39, 0.29) is 12.1 Å². The van der Waals surface area contributed by atoms with Gasteiger partial charge in [-0.05, 0) is 47.0 Å². The second kappa shape index (κ2) is 5.68. The van der Waals surface area contributed by atoms with Crippen LogP contribution in [0.1, 0.15) is 45.9 Å². The van der Waals surface area contributed by atoms with Gasteiger partial charge in [0.1, 0.15) is 11.4 Å². The molecule has 2 fully saturated rings. The number of rotatable bonds is 1. The van der Waals surface area contributed by atoms with Crippen LogP contribution in [0.4, 0.5) is 9.93 Å². The topological polar surface area (TPSA) is 58.6 Å². The number of amides is 1. The summed E-state index contributed by atoms with van der Waals surface area (Å²) in [6, 6.07) is 0.505. The minimum absolute atomic E-state index is 0.171. The van der Waals surface area contributed by atoms with Crippen molar-refractivity contribution in [1.29, 1.82) is 0 Å². The molecule has 2 atom stereocenters. The summed E-state index contributed by atoms with van der Waals surface area (Å²) < 4.78 is 9.87. The fraction of sp³-hybridized carbons (Fsp3) is 0.800. The van der Waals surface area contributed by atoms with E-state index >= 15 is 0 Å². The molecule has 0 radical (unpaired) electrons. The minimum atomic E-state index is -0.446. The van der Waals surface area contributed by atoms with Crippen LogP contribution in [-0.4, -0.2) is 51.1 Å². The number of nitrogens with zero attached hydrogens (tertiary/aromatic N) is 4. The average Bonchev–Trinajstić information content (AvgIpc) is 2.91. The van der Waals surface area contributed by atoms with E-state index < -0.39 is 5.60 Å². The normalized spacial score (nSPS) is 25.3. The highest BCUT2D eigenvalue weighted by molar-refractivity contribution is 7.09. The number of ether oxygens (including phenoxy) is 1. The van der Waals surface area contributed by atoms with Gasteiger partial charge in [-0.2, -0.15) is 4.37 Å². The van der Waals surface area contributed by atoms with Crippen LogP contribution in [0, 0.1) is 6.92 Å². The monoisotopic (exact) mass is 324 g/mol. The molecule has 0 spiro atoms. The van der Waals surface area contributed by atoms with Crippen LogP contribution in [0.5, 0.6) is 0 Å². The molecule has 0 saturated carbocycles. The van der Waals surface area contributed by atoms with E-state index in [4.69, 9.17) is 4.74 Å². The van der Waals surface area contributed by atoms with Gasteiger partial charge < -0.3 is 14.5 Å². The molecule has 122 valence electrons. The van der Waals surface area contributed by atoms with Crippen molar-refractivity contribution < 1.29 is 9.53 Å². The first-order valence-corrected chi connectivity index (χ1v) is 8.67. The van der Waals surface area contributed by atoms with Crippen molar-refractivity contribution in [3.8, 4) is 0 Å². The Morgan fingerprint density at radius 2 is 2.00 bits per heavy atom. The number of hydrogen-bond donors (Lipinski definition) is 0. The van der Waals surface area contributed by atoms with Gasteiger partial charge in [-0.1, -0.05) is 0 Å². The minimum Gasteiger partial charge on any atom is -0.444 e. The van der Waals surface area contributed by atoms with E-state index in [0.29, 0.717) is 6.04 Å². The molecule has 3 rings (SSSR count). The maximum absolute atomic E-state index is 12.5. The van der Waals surface area contributed by atoms with E-state index in [1.54, 1.807) is 0 Å². The third-order valence-electron chi connectivity index (χ3n) is 4.17. The van der Waals surface area contributed by atoms with Crippen LogP contribution in [0.3, 0.4) is 0 Å². The highest BCUT2D eigenvalue weighted by Gasteiger charge is 2.42. The van der Waals surface area contributed by atoms with Crippen LogP contribution < -0.4 is 4.90 Å². The third-order valence-corrected chi connectivity index (χ3v) is 5.04. The molecule has 1 aromatic rings. The Balaban J connectivity index is 1.74. The fourth-order valence-electron chi connectivity index (χ4n) is 3.28. The lowest BCUT2D eigenvalue weighted by Gasteiger charge is -2.31. The van der Waals surface area contributed by atoms with Crippen molar-refractivity contribution >= 4 is 22.8 Å². The lowest BCUT2D eigenvalue weighted by atomic mass is 10.1. The SMILES string of the molecule is Cc1nsc(N2CCC3CCC(C2)N3C(=O)OC(C)(C)C)n1. The number of hydrogen-bond acceptors (Lipinski definition) is 6. The predicted octanol–water partition coefficient (Wildman–Crippen LogP) is 2.82. The summed E-state index contributed by atoms with van der Waals surface area (Å²) in [5.41, 5.74) is -0.446. The summed E-state index contributed by atoms with van der Waals surface area (Å²) in [6.45, 7) is 9.42. The highest BCUT2D eigenvalue weighted by Crippen LogP contribution is 2.33. The van der Waals surface area contributed by atoms with Gasteiger partial charge in [0.25, 0.3) is 0 Å². The van der Waals surface area contributed by atoms with E-state index in [2.05, 4.69) is 14.3 Å². The number of fused-ring (bicyclic) bond motifs is 2. The number of aromatic nitrogens is 2. The fourth-order valence-corrected chi connectivity index (χ4v) is 3.98. The van der Waals surface area contributed by atoms with Crippen molar-refractivity contribution in [3.63, 3.8) is 0 Å². The molecular formula is C15H24N4O2S. The molecule has 0 aromatic carbocycles. The Bertz CT molecular complexity index is 554. The summed E-state index contributed by atoms with van der Waals surface area (Å²) in [5, 5.41) is 0.967. The highest BCUT2D eigenvalue weighted by atomic mass is 32.1. The van der Waals surface area contributed by atoms with Gasteiger partial charge in [0, 0.05) is 30.7 Å². The molecule has 22 heavy (non-hydrogen) atoms. The van der Waals surface area contributed by atoms with Crippen molar-refractivity contribution in [2.24, 2.45) is 0 Å². The van der Waals surface area contributed by atoms with E-state index in [0.717, 1.165) is 43.3 Å². The number of anilines is 1. The van der Waals surface area contributed by atoms with Crippen LogP contribution in [0.2, 0.25) is 0 Å².